The molecule has 40 heavy (non-hydrogen) atoms. The number of nitrogens with zero attached hydrogens (tertiary/aromatic N) is 1. The first-order valence-electron chi connectivity index (χ1n) is 12.6. The Bertz CT molecular complexity index is 1720. The summed E-state index contributed by atoms with van der Waals surface area (Å²) in [5.41, 5.74) is 3.95. The molecule has 0 aliphatic carbocycles. The molecule has 3 heterocycles. The number of benzene rings is 2. The fourth-order valence-electron chi connectivity index (χ4n) is 4.37. The summed E-state index contributed by atoms with van der Waals surface area (Å²) in [6.07, 6.45) is 6.14. The van der Waals surface area contributed by atoms with E-state index in [-0.39, 0.29) is 17.4 Å². The molecule has 1 aliphatic rings. The van der Waals surface area contributed by atoms with Gasteiger partial charge in [0, 0.05) is 38.5 Å². The van der Waals surface area contributed by atoms with Crippen molar-refractivity contribution in [2.24, 2.45) is 0 Å². The van der Waals surface area contributed by atoms with Gasteiger partial charge in [-0.2, -0.15) is 0 Å². The van der Waals surface area contributed by atoms with E-state index in [1.165, 1.54) is 17.5 Å². The maximum Gasteiger partial charge on any atom is 0.257 e. The lowest BCUT2D eigenvalue weighted by molar-refractivity contribution is 0.0902. The van der Waals surface area contributed by atoms with Crippen LogP contribution in [-0.2, 0) is 0 Å². The monoisotopic (exact) mass is 549 g/mol. The van der Waals surface area contributed by atoms with Crippen molar-refractivity contribution in [3.05, 3.63) is 125 Å². The molecule has 2 aromatic carbocycles. The zero-order valence-corrected chi connectivity index (χ0v) is 22.8. The van der Waals surface area contributed by atoms with E-state index in [1.807, 2.05) is 55.6 Å². The lowest BCUT2D eigenvalue weighted by Gasteiger charge is -2.17. The number of carbonyl (C=O) groups excluding carboxylic acids is 3. The molecule has 1 unspecified atom stereocenters. The Labute approximate surface area is 235 Å². The summed E-state index contributed by atoms with van der Waals surface area (Å²) in [5, 5.41) is 14.5. The molecule has 0 fully saturated rings. The second kappa shape index (κ2) is 11.4. The number of amides is 3. The van der Waals surface area contributed by atoms with E-state index in [4.69, 9.17) is 0 Å². The minimum atomic E-state index is -0.677. The number of pyridine rings is 1. The van der Waals surface area contributed by atoms with Crippen LogP contribution in [0.1, 0.15) is 56.7 Å². The predicted octanol–water partition coefficient (Wildman–Crippen LogP) is 6.17. The summed E-state index contributed by atoms with van der Waals surface area (Å²) >= 11 is 1.48. The van der Waals surface area contributed by atoms with Crippen LogP contribution in [0.5, 0.6) is 0 Å². The smallest absolute Gasteiger partial charge is 0.257 e. The van der Waals surface area contributed by atoms with Crippen molar-refractivity contribution in [2.75, 3.05) is 10.6 Å². The maximum atomic E-state index is 13.4. The number of fused-ring (bicyclic) bond motifs is 2. The van der Waals surface area contributed by atoms with Gasteiger partial charge in [-0.15, -0.1) is 11.3 Å². The molecule has 2 aromatic heterocycles. The molecule has 0 saturated heterocycles. The standard InChI is InChI=1S/C31H27N5O3S/c1-4-10-24(18(3)5-2)33-28-25(34-31(39)23-17-40-26-14-9-8-11-20(23)26)15-19(16-32-28)29(37)35-27-21-12-6-7-13-22(21)30(38)36-27/h4-17,27H,1H2,2-3H3,(H,32,33)(H,34,39)(H,35,37)(H,36,38)/b18-5-,24-10+. The van der Waals surface area contributed by atoms with Gasteiger partial charge in [0.1, 0.15) is 6.17 Å². The zero-order valence-electron chi connectivity index (χ0n) is 21.9. The fraction of sp³-hybridized carbons (Fsp3) is 0.0968. The number of hydrogen-bond donors (Lipinski definition) is 4. The van der Waals surface area contributed by atoms with Gasteiger partial charge >= 0.3 is 0 Å². The summed E-state index contributed by atoms with van der Waals surface area (Å²) in [7, 11) is 0. The molecule has 1 aliphatic heterocycles. The third kappa shape index (κ3) is 5.27. The highest BCUT2D eigenvalue weighted by Gasteiger charge is 2.29. The summed E-state index contributed by atoms with van der Waals surface area (Å²) < 4.78 is 0.996. The molecule has 0 bridgehead atoms. The second-order valence-corrected chi connectivity index (χ2v) is 10.0. The first kappa shape index (κ1) is 26.6. The Balaban J connectivity index is 1.47. The highest BCUT2D eigenvalue weighted by molar-refractivity contribution is 7.17. The molecule has 4 N–H and O–H groups in total. The second-order valence-electron chi connectivity index (χ2n) is 9.10. The largest absolute Gasteiger partial charge is 0.338 e. The van der Waals surface area contributed by atoms with Crippen LogP contribution in [0.4, 0.5) is 11.5 Å². The summed E-state index contributed by atoms with van der Waals surface area (Å²) in [4.78, 5) is 43.5. The molecule has 9 heteroatoms. The molecular weight excluding hydrogens is 522 g/mol. The van der Waals surface area contributed by atoms with E-state index in [0.717, 1.165) is 21.4 Å². The van der Waals surface area contributed by atoms with Crippen LogP contribution >= 0.6 is 11.3 Å². The number of aromatic nitrogens is 1. The van der Waals surface area contributed by atoms with Gasteiger partial charge in [0.15, 0.2) is 5.82 Å². The highest BCUT2D eigenvalue weighted by Crippen LogP contribution is 2.29. The highest BCUT2D eigenvalue weighted by atomic mass is 32.1. The minimum Gasteiger partial charge on any atom is -0.338 e. The van der Waals surface area contributed by atoms with Gasteiger partial charge in [-0.1, -0.05) is 55.1 Å². The molecule has 5 rings (SSSR count). The van der Waals surface area contributed by atoms with Gasteiger partial charge in [0.05, 0.1) is 16.8 Å². The lowest BCUT2D eigenvalue weighted by Crippen LogP contribution is -2.36. The van der Waals surface area contributed by atoms with Gasteiger partial charge in [0.25, 0.3) is 17.7 Å². The van der Waals surface area contributed by atoms with Crippen molar-refractivity contribution in [1.29, 1.82) is 0 Å². The number of thiophene rings is 1. The lowest BCUT2D eigenvalue weighted by atomic mass is 10.1. The average Bonchev–Trinajstić information content (AvgIpc) is 3.54. The zero-order chi connectivity index (χ0) is 28.2. The van der Waals surface area contributed by atoms with E-state index >= 15 is 0 Å². The van der Waals surface area contributed by atoms with Gasteiger partial charge in [-0.05, 0) is 43.7 Å². The molecule has 3 amide bonds. The SMILES string of the molecule is C=C/C=C(Nc1ncc(C(=O)NC2NC(=O)c3ccccc32)cc1NC(=O)c1csc2ccccc12)\C(C)=C/C. The molecular formula is C31H27N5O3S. The van der Waals surface area contributed by atoms with E-state index in [0.29, 0.717) is 28.2 Å². The Morgan fingerprint density at radius 1 is 1.07 bits per heavy atom. The van der Waals surface area contributed by atoms with Crippen LogP contribution in [0.25, 0.3) is 10.1 Å². The summed E-state index contributed by atoms with van der Waals surface area (Å²) in [6.45, 7) is 7.64. The van der Waals surface area contributed by atoms with Crippen molar-refractivity contribution < 1.29 is 14.4 Å². The molecule has 1 atom stereocenters. The number of anilines is 2. The average molecular weight is 550 g/mol. The van der Waals surface area contributed by atoms with Crippen LogP contribution in [0.3, 0.4) is 0 Å². The summed E-state index contributed by atoms with van der Waals surface area (Å²) in [5.74, 6) is -0.675. The van der Waals surface area contributed by atoms with E-state index < -0.39 is 12.1 Å². The molecule has 0 radical (unpaired) electrons. The Kier molecular flexibility index (Phi) is 7.56. The molecule has 4 aromatic rings. The third-order valence-corrected chi connectivity index (χ3v) is 7.55. The number of carbonyl (C=O) groups is 3. The number of hydrogen-bond acceptors (Lipinski definition) is 6. The fourth-order valence-corrected chi connectivity index (χ4v) is 5.31. The Morgan fingerprint density at radius 3 is 2.65 bits per heavy atom. The van der Waals surface area contributed by atoms with Gasteiger partial charge < -0.3 is 21.3 Å². The van der Waals surface area contributed by atoms with Gasteiger partial charge in [0.2, 0.25) is 0 Å². The molecule has 8 nitrogen and oxygen atoms in total. The predicted molar refractivity (Wildman–Crippen MR) is 159 cm³/mol. The maximum absolute atomic E-state index is 13.4. The number of rotatable bonds is 8. The first-order chi connectivity index (χ1) is 19.4. The quantitative estimate of drug-likeness (QED) is 0.197. The van der Waals surface area contributed by atoms with Crippen molar-refractivity contribution in [3.63, 3.8) is 0 Å². The van der Waals surface area contributed by atoms with E-state index in [9.17, 15) is 14.4 Å². The first-order valence-corrected chi connectivity index (χ1v) is 13.5. The van der Waals surface area contributed by atoms with Gasteiger partial charge in [-0.25, -0.2) is 4.98 Å². The third-order valence-electron chi connectivity index (χ3n) is 6.59. The van der Waals surface area contributed by atoms with Crippen molar-refractivity contribution in [1.82, 2.24) is 15.6 Å². The van der Waals surface area contributed by atoms with E-state index in [1.54, 1.807) is 36.4 Å². The van der Waals surface area contributed by atoms with Crippen molar-refractivity contribution >= 4 is 50.6 Å². The molecule has 200 valence electrons. The van der Waals surface area contributed by atoms with Crippen LogP contribution in [0.15, 0.2) is 102 Å². The Hall–Kier alpha value is -5.02. The van der Waals surface area contributed by atoms with Crippen LogP contribution < -0.4 is 21.3 Å². The van der Waals surface area contributed by atoms with Crippen LogP contribution in [0, 0.1) is 0 Å². The summed E-state index contributed by atoms with van der Waals surface area (Å²) in [6, 6.07) is 16.3. The number of allylic oxidation sites excluding steroid dienone is 4. The van der Waals surface area contributed by atoms with Crippen LogP contribution in [-0.4, -0.2) is 22.7 Å². The van der Waals surface area contributed by atoms with Gasteiger partial charge in [-0.3, -0.25) is 14.4 Å². The van der Waals surface area contributed by atoms with E-state index in [2.05, 4.69) is 32.8 Å². The topological polar surface area (TPSA) is 112 Å². The number of nitrogens with one attached hydrogen (secondary N) is 4. The van der Waals surface area contributed by atoms with Crippen LogP contribution in [0.2, 0.25) is 0 Å². The van der Waals surface area contributed by atoms with Crippen molar-refractivity contribution in [3.8, 4) is 0 Å². The normalized spacial score (nSPS) is 14.8. The molecule has 0 saturated carbocycles. The molecule has 0 spiro atoms. The van der Waals surface area contributed by atoms with Crippen molar-refractivity contribution in [2.45, 2.75) is 20.0 Å². The minimum absolute atomic E-state index is 0.215. The Morgan fingerprint density at radius 2 is 1.85 bits per heavy atom.